The molecule has 94 valence electrons. The standard InChI is InChI=1S/C12H19N3O2/c1-4-17-12(16)11-14-13-9(3)15(11)10-7-5-6-8(10)2/h8,10H,4-7H2,1-3H3. The molecule has 0 aromatic carbocycles. The zero-order valence-electron chi connectivity index (χ0n) is 10.6. The largest absolute Gasteiger partial charge is 0.460 e. The summed E-state index contributed by atoms with van der Waals surface area (Å²) in [6, 6.07) is 0.337. The van der Waals surface area contributed by atoms with Gasteiger partial charge in [0.25, 0.3) is 0 Å². The number of nitrogens with zero attached hydrogens (tertiary/aromatic N) is 3. The van der Waals surface area contributed by atoms with E-state index in [0.717, 1.165) is 12.2 Å². The molecular formula is C12H19N3O2. The van der Waals surface area contributed by atoms with Crippen LogP contribution in [0.25, 0.3) is 0 Å². The van der Waals surface area contributed by atoms with Gasteiger partial charge in [0.2, 0.25) is 5.82 Å². The second-order valence-corrected chi connectivity index (χ2v) is 4.64. The number of rotatable bonds is 3. The normalized spacial score (nSPS) is 23.9. The number of hydrogen-bond donors (Lipinski definition) is 0. The summed E-state index contributed by atoms with van der Waals surface area (Å²) in [6.07, 6.45) is 3.49. The molecule has 1 aliphatic rings. The zero-order valence-corrected chi connectivity index (χ0v) is 10.6. The van der Waals surface area contributed by atoms with Crippen LogP contribution in [0, 0.1) is 12.8 Å². The van der Waals surface area contributed by atoms with Gasteiger partial charge in [-0.2, -0.15) is 0 Å². The predicted octanol–water partition coefficient (Wildman–Crippen LogP) is 2.12. The van der Waals surface area contributed by atoms with Crippen LogP contribution in [0.15, 0.2) is 0 Å². The predicted molar refractivity (Wildman–Crippen MR) is 62.8 cm³/mol. The third kappa shape index (κ3) is 2.18. The van der Waals surface area contributed by atoms with Crippen molar-refractivity contribution < 1.29 is 9.53 Å². The van der Waals surface area contributed by atoms with Crippen molar-refractivity contribution in [1.82, 2.24) is 14.8 Å². The Balaban J connectivity index is 2.32. The van der Waals surface area contributed by atoms with Crippen LogP contribution in [-0.2, 0) is 4.74 Å². The first-order valence-electron chi connectivity index (χ1n) is 6.23. The number of esters is 1. The lowest BCUT2D eigenvalue weighted by atomic mass is 10.1. The Morgan fingerprint density at radius 1 is 1.47 bits per heavy atom. The van der Waals surface area contributed by atoms with Crippen molar-refractivity contribution in [2.75, 3.05) is 6.61 Å². The smallest absolute Gasteiger partial charge is 0.376 e. The van der Waals surface area contributed by atoms with Crippen molar-refractivity contribution in [3.8, 4) is 0 Å². The number of ether oxygens (including phenoxy) is 1. The number of carbonyl (C=O) groups excluding carboxylic acids is 1. The summed E-state index contributed by atoms with van der Waals surface area (Å²) in [5.41, 5.74) is 0. The molecule has 1 aromatic rings. The molecule has 1 heterocycles. The first-order valence-corrected chi connectivity index (χ1v) is 6.23. The van der Waals surface area contributed by atoms with E-state index in [1.54, 1.807) is 6.92 Å². The van der Waals surface area contributed by atoms with E-state index in [0.29, 0.717) is 24.4 Å². The molecule has 0 saturated heterocycles. The lowest BCUT2D eigenvalue weighted by Gasteiger charge is -2.19. The minimum absolute atomic E-state index is 0.337. The fourth-order valence-corrected chi connectivity index (χ4v) is 2.61. The SMILES string of the molecule is CCOC(=O)c1nnc(C)n1C1CCCC1C. The Kier molecular flexibility index (Phi) is 3.45. The van der Waals surface area contributed by atoms with Crippen molar-refractivity contribution >= 4 is 5.97 Å². The fraction of sp³-hybridized carbons (Fsp3) is 0.750. The molecular weight excluding hydrogens is 218 g/mol. The van der Waals surface area contributed by atoms with Gasteiger partial charge in [-0.1, -0.05) is 13.3 Å². The highest BCUT2D eigenvalue weighted by Crippen LogP contribution is 2.36. The highest BCUT2D eigenvalue weighted by Gasteiger charge is 2.30. The summed E-state index contributed by atoms with van der Waals surface area (Å²) in [4.78, 5) is 11.8. The van der Waals surface area contributed by atoms with Gasteiger partial charge in [0, 0.05) is 6.04 Å². The average Bonchev–Trinajstić information content (AvgIpc) is 2.85. The van der Waals surface area contributed by atoms with Crippen molar-refractivity contribution in [1.29, 1.82) is 0 Å². The van der Waals surface area contributed by atoms with Crippen LogP contribution in [0.5, 0.6) is 0 Å². The molecule has 2 rings (SSSR count). The molecule has 0 spiro atoms. The maximum absolute atomic E-state index is 11.8. The van der Waals surface area contributed by atoms with Crippen LogP contribution in [0.4, 0.5) is 0 Å². The number of carbonyl (C=O) groups is 1. The Labute approximate surface area is 101 Å². The zero-order chi connectivity index (χ0) is 12.4. The van der Waals surface area contributed by atoms with Crippen molar-refractivity contribution in [3.05, 3.63) is 11.6 Å². The quantitative estimate of drug-likeness (QED) is 0.756. The van der Waals surface area contributed by atoms with Crippen LogP contribution >= 0.6 is 0 Å². The summed E-state index contributed by atoms with van der Waals surface area (Å²) in [7, 11) is 0. The van der Waals surface area contributed by atoms with Gasteiger partial charge >= 0.3 is 5.97 Å². The second kappa shape index (κ2) is 4.85. The third-order valence-electron chi connectivity index (χ3n) is 3.47. The molecule has 0 radical (unpaired) electrons. The lowest BCUT2D eigenvalue weighted by molar-refractivity contribution is 0.0501. The van der Waals surface area contributed by atoms with E-state index in [2.05, 4.69) is 17.1 Å². The molecule has 2 atom stereocenters. The summed E-state index contributed by atoms with van der Waals surface area (Å²) < 4.78 is 6.97. The summed E-state index contributed by atoms with van der Waals surface area (Å²) in [5, 5.41) is 7.96. The van der Waals surface area contributed by atoms with Gasteiger partial charge in [0.1, 0.15) is 5.82 Å². The monoisotopic (exact) mass is 237 g/mol. The highest BCUT2D eigenvalue weighted by atomic mass is 16.5. The topological polar surface area (TPSA) is 57.0 Å². The first-order chi connectivity index (χ1) is 8.15. The van der Waals surface area contributed by atoms with Crippen LogP contribution in [0.1, 0.15) is 55.6 Å². The van der Waals surface area contributed by atoms with E-state index in [1.165, 1.54) is 12.8 Å². The Morgan fingerprint density at radius 3 is 2.82 bits per heavy atom. The second-order valence-electron chi connectivity index (χ2n) is 4.64. The maximum Gasteiger partial charge on any atom is 0.376 e. The highest BCUT2D eigenvalue weighted by molar-refractivity contribution is 5.85. The molecule has 1 aliphatic carbocycles. The van der Waals surface area contributed by atoms with Crippen LogP contribution in [0.2, 0.25) is 0 Å². The average molecular weight is 237 g/mol. The third-order valence-corrected chi connectivity index (χ3v) is 3.47. The Bertz CT molecular complexity index is 414. The fourth-order valence-electron chi connectivity index (χ4n) is 2.61. The molecule has 5 heteroatoms. The van der Waals surface area contributed by atoms with Gasteiger partial charge in [-0.25, -0.2) is 4.79 Å². The van der Waals surface area contributed by atoms with Crippen LogP contribution in [-0.4, -0.2) is 27.3 Å². The van der Waals surface area contributed by atoms with E-state index < -0.39 is 0 Å². The Hall–Kier alpha value is -1.39. The van der Waals surface area contributed by atoms with Gasteiger partial charge in [-0.05, 0) is 32.6 Å². The van der Waals surface area contributed by atoms with Crippen molar-refractivity contribution in [3.63, 3.8) is 0 Å². The molecule has 1 saturated carbocycles. The van der Waals surface area contributed by atoms with Gasteiger partial charge in [0.05, 0.1) is 6.61 Å². The molecule has 1 fully saturated rings. The molecule has 1 aromatic heterocycles. The van der Waals surface area contributed by atoms with E-state index >= 15 is 0 Å². The molecule has 0 N–H and O–H groups in total. The van der Waals surface area contributed by atoms with Crippen LogP contribution < -0.4 is 0 Å². The van der Waals surface area contributed by atoms with Crippen molar-refractivity contribution in [2.24, 2.45) is 5.92 Å². The summed E-state index contributed by atoms with van der Waals surface area (Å²) >= 11 is 0. The van der Waals surface area contributed by atoms with E-state index in [4.69, 9.17) is 4.74 Å². The maximum atomic E-state index is 11.8. The van der Waals surface area contributed by atoms with Crippen molar-refractivity contribution in [2.45, 2.75) is 46.1 Å². The van der Waals surface area contributed by atoms with Crippen LogP contribution in [0.3, 0.4) is 0 Å². The molecule has 0 amide bonds. The Morgan fingerprint density at radius 2 is 2.24 bits per heavy atom. The molecule has 0 bridgehead atoms. The van der Waals surface area contributed by atoms with Gasteiger partial charge in [-0.3, -0.25) is 0 Å². The van der Waals surface area contributed by atoms with Gasteiger partial charge in [0.15, 0.2) is 0 Å². The molecule has 17 heavy (non-hydrogen) atoms. The minimum atomic E-state index is -0.368. The lowest BCUT2D eigenvalue weighted by Crippen LogP contribution is -2.20. The van der Waals surface area contributed by atoms with E-state index in [1.807, 2.05) is 11.5 Å². The van der Waals surface area contributed by atoms with Gasteiger partial charge in [-0.15, -0.1) is 10.2 Å². The molecule has 5 nitrogen and oxygen atoms in total. The number of aryl methyl sites for hydroxylation is 1. The van der Waals surface area contributed by atoms with Gasteiger partial charge < -0.3 is 9.30 Å². The summed E-state index contributed by atoms with van der Waals surface area (Å²) in [5.74, 6) is 1.35. The van der Waals surface area contributed by atoms with E-state index in [-0.39, 0.29) is 5.97 Å². The summed E-state index contributed by atoms with van der Waals surface area (Å²) in [6.45, 7) is 6.27. The molecule has 2 unspecified atom stereocenters. The molecule has 0 aliphatic heterocycles. The number of hydrogen-bond acceptors (Lipinski definition) is 4. The number of aromatic nitrogens is 3. The minimum Gasteiger partial charge on any atom is -0.460 e. The van der Waals surface area contributed by atoms with E-state index in [9.17, 15) is 4.79 Å². The first kappa shape index (κ1) is 12.1.